The van der Waals surface area contributed by atoms with E-state index in [1.807, 2.05) is 0 Å². The summed E-state index contributed by atoms with van der Waals surface area (Å²) >= 11 is 0.00694. The van der Waals surface area contributed by atoms with Crippen LogP contribution in [0.5, 0.6) is 0 Å². The van der Waals surface area contributed by atoms with Gasteiger partial charge >= 0.3 is 33.3 Å². The normalized spacial score (nSPS) is 12.1. The van der Waals surface area contributed by atoms with Crippen LogP contribution in [0.4, 0.5) is 0 Å². The van der Waals surface area contributed by atoms with Crippen molar-refractivity contribution in [3.05, 3.63) is 52.4 Å². The Morgan fingerprint density at radius 3 is 1.03 bits per heavy atom. The molecule has 0 amide bonds. The van der Waals surface area contributed by atoms with Gasteiger partial charge in [-0.15, -0.1) is 0 Å². The van der Waals surface area contributed by atoms with Crippen molar-refractivity contribution in [3.63, 3.8) is 0 Å². The quantitative estimate of drug-likeness (QED) is 0.340. The van der Waals surface area contributed by atoms with Crippen molar-refractivity contribution in [2.45, 2.75) is 92.8 Å². The standard InChI is InChI=1S/C23H36N6.2ClH.Mn/c1-14(2)20-11-17(7)27(24-20)23(10,28-18(8)12-21(25-28)15(3)4)29-19(9)13-22(26-29)16(5)6;;;/h11-16H,1-10H3;2*1H;/q;;;+2/p-2. The van der Waals surface area contributed by atoms with Gasteiger partial charge in [0.15, 0.2) is 0 Å². The Bertz CT molecular complexity index is 905. The summed E-state index contributed by atoms with van der Waals surface area (Å²) in [6.07, 6.45) is 0. The van der Waals surface area contributed by atoms with Crippen molar-refractivity contribution in [2.75, 3.05) is 0 Å². The summed E-state index contributed by atoms with van der Waals surface area (Å²) in [6.45, 7) is 21.6. The molecule has 0 aromatic carbocycles. The summed E-state index contributed by atoms with van der Waals surface area (Å²) in [4.78, 5) is 0. The fraction of sp³-hybridized carbons (Fsp3) is 0.609. The van der Waals surface area contributed by atoms with Crippen LogP contribution in [-0.2, 0) is 18.9 Å². The van der Waals surface area contributed by atoms with Gasteiger partial charge < -0.3 is 0 Å². The van der Waals surface area contributed by atoms with Crippen LogP contribution in [0.2, 0.25) is 0 Å². The van der Waals surface area contributed by atoms with Crippen molar-refractivity contribution in [2.24, 2.45) is 0 Å². The van der Waals surface area contributed by atoms with Crippen LogP contribution in [0, 0.1) is 20.8 Å². The molecule has 0 radical (unpaired) electrons. The molecular formula is C23H36Cl2MnN6. The zero-order chi connectivity index (χ0) is 24.4. The third-order valence-corrected chi connectivity index (χ3v) is 5.70. The molecule has 3 heterocycles. The Kier molecular flexibility index (Phi) is 9.08. The molecule has 0 atom stereocenters. The molecule has 6 nitrogen and oxygen atoms in total. The number of aromatic nitrogens is 6. The Morgan fingerprint density at radius 2 is 0.875 bits per heavy atom. The second-order valence-corrected chi connectivity index (χ2v) is 11.3. The van der Waals surface area contributed by atoms with Crippen LogP contribution < -0.4 is 0 Å². The van der Waals surface area contributed by atoms with Crippen LogP contribution in [0.3, 0.4) is 0 Å². The van der Waals surface area contributed by atoms with Crippen molar-refractivity contribution >= 4 is 20.2 Å². The van der Waals surface area contributed by atoms with Crippen molar-refractivity contribution in [1.29, 1.82) is 0 Å². The van der Waals surface area contributed by atoms with E-state index in [9.17, 15) is 0 Å². The summed E-state index contributed by atoms with van der Waals surface area (Å²) in [5.74, 6) is 0.350. The SMILES string of the molecule is Cc1cc(C(C)C)nn1C(C)(n1nc(C(C)C)cc1C)n1nc(C(C)C)cc1C.[Cl][Mn][Cl]. The molecule has 3 aromatic rings. The van der Waals surface area contributed by atoms with Gasteiger partial charge in [0.1, 0.15) is 0 Å². The van der Waals surface area contributed by atoms with Gasteiger partial charge in [0.25, 0.3) is 0 Å². The first kappa shape index (κ1) is 27.0. The Morgan fingerprint density at radius 1 is 0.656 bits per heavy atom. The van der Waals surface area contributed by atoms with Crippen LogP contribution in [0.25, 0.3) is 0 Å². The van der Waals surface area contributed by atoms with Gasteiger partial charge in [-0.05, 0) is 56.7 Å². The van der Waals surface area contributed by atoms with E-state index in [0.717, 1.165) is 34.2 Å². The molecule has 3 rings (SSSR count). The van der Waals surface area contributed by atoms with E-state index < -0.39 is 5.79 Å². The molecule has 0 aliphatic rings. The van der Waals surface area contributed by atoms with E-state index in [-0.39, 0.29) is 13.1 Å². The zero-order valence-electron chi connectivity index (χ0n) is 20.8. The predicted molar refractivity (Wildman–Crippen MR) is 129 cm³/mol. The van der Waals surface area contributed by atoms with E-state index in [1.165, 1.54) is 0 Å². The van der Waals surface area contributed by atoms with E-state index in [1.54, 1.807) is 0 Å². The van der Waals surface area contributed by atoms with Crippen LogP contribution >= 0.6 is 20.2 Å². The molecule has 0 saturated carbocycles. The van der Waals surface area contributed by atoms with Crippen LogP contribution in [0.15, 0.2) is 18.2 Å². The first-order chi connectivity index (χ1) is 14.9. The molecule has 0 N–H and O–H groups in total. The van der Waals surface area contributed by atoms with Gasteiger partial charge in [-0.1, -0.05) is 41.5 Å². The molecule has 0 spiro atoms. The summed E-state index contributed by atoms with van der Waals surface area (Å²) in [6, 6.07) is 6.52. The molecule has 3 aromatic heterocycles. The van der Waals surface area contributed by atoms with Crippen molar-refractivity contribution in [3.8, 4) is 0 Å². The second kappa shape index (κ2) is 10.8. The van der Waals surface area contributed by atoms with Gasteiger partial charge in [0, 0.05) is 24.0 Å². The third kappa shape index (κ3) is 5.27. The molecule has 32 heavy (non-hydrogen) atoms. The number of nitrogens with zero attached hydrogens (tertiary/aromatic N) is 6. The molecule has 0 aliphatic carbocycles. The average molecular weight is 522 g/mol. The van der Waals surface area contributed by atoms with Gasteiger partial charge in [-0.2, -0.15) is 15.3 Å². The van der Waals surface area contributed by atoms with Crippen LogP contribution in [0.1, 0.15) is 100 Å². The third-order valence-electron chi connectivity index (χ3n) is 5.70. The fourth-order valence-electron chi connectivity index (χ4n) is 3.90. The number of rotatable bonds is 6. The minimum atomic E-state index is -0.717. The van der Waals surface area contributed by atoms with E-state index in [0.29, 0.717) is 17.8 Å². The summed E-state index contributed by atoms with van der Waals surface area (Å²) in [7, 11) is 9.59. The molecule has 0 aliphatic heterocycles. The van der Waals surface area contributed by atoms with Crippen molar-refractivity contribution < 1.29 is 13.1 Å². The number of hydrogen-bond acceptors (Lipinski definition) is 3. The van der Waals surface area contributed by atoms with Gasteiger partial charge in [0.05, 0.1) is 17.1 Å². The zero-order valence-corrected chi connectivity index (χ0v) is 23.5. The Balaban J connectivity index is 0.00000114. The predicted octanol–water partition coefficient (Wildman–Crippen LogP) is 6.67. The fourth-order valence-corrected chi connectivity index (χ4v) is 3.90. The first-order valence-corrected chi connectivity index (χ1v) is 14.2. The number of halogens is 2. The maximum absolute atomic E-state index is 5.02. The Labute approximate surface area is 207 Å². The molecule has 0 fully saturated rings. The molecule has 0 unspecified atom stereocenters. The molecule has 0 bridgehead atoms. The number of aryl methyl sites for hydroxylation is 3. The van der Waals surface area contributed by atoms with Gasteiger partial charge in [-0.25, -0.2) is 14.0 Å². The second-order valence-electron chi connectivity index (χ2n) is 9.36. The summed E-state index contributed by atoms with van der Waals surface area (Å²) in [5, 5.41) is 15.1. The van der Waals surface area contributed by atoms with Crippen molar-refractivity contribution in [1.82, 2.24) is 29.3 Å². The topological polar surface area (TPSA) is 53.5 Å². The monoisotopic (exact) mass is 521 g/mol. The molecular weight excluding hydrogens is 486 g/mol. The van der Waals surface area contributed by atoms with Gasteiger partial charge in [0.2, 0.25) is 5.79 Å². The van der Waals surface area contributed by atoms with E-state index in [4.69, 9.17) is 35.5 Å². The first-order valence-electron chi connectivity index (χ1n) is 11.0. The average Bonchev–Trinajstić information content (AvgIpc) is 3.39. The van der Waals surface area contributed by atoms with Gasteiger partial charge in [-0.3, -0.25) is 0 Å². The molecule has 9 heteroatoms. The minimum absolute atomic E-state index is 0.00694. The van der Waals surface area contributed by atoms with E-state index in [2.05, 4.69) is 101 Å². The van der Waals surface area contributed by atoms with E-state index >= 15 is 0 Å². The molecule has 179 valence electrons. The molecule has 0 saturated heterocycles. The van der Waals surface area contributed by atoms with Crippen LogP contribution in [-0.4, -0.2) is 29.3 Å². The summed E-state index contributed by atoms with van der Waals surface area (Å²) < 4.78 is 6.24. The number of hydrogen-bond donors (Lipinski definition) is 0. The maximum atomic E-state index is 5.02. The summed E-state index contributed by atoms with van der Waals surface area (Å²) in [5.41, 5.74) is 6.53. The Hall–Kier alpha value is -1.27.